The summed E-state index contributed by atoms with van der Waals surface area (Å²) >= 11 is 0. The normalized spacial score (nSPS) is 14.6. The summed E-state index contributed by atoms with van der Waals surface area (Å²) in [5.41, 5.74) is 0.244. The van der Waals surface area contributed by atoms with Crippen LogP contribution in [0.4, 0.5) is 23.4 Å². The quantitative estimate of drug-likeness (QED) is 0.420. The van der Waals surface area contributed by atoms with E-state index in [1.165, 1.54) is 30.3 Å². The van der Waals surface area contributed by atoms with Crippen LogP contribution in [0.25, 0.3) is 0 Å². The van der Waals surface area contributed by atoms with E-state index < -0.39 is 11.7 Å². The second-order valence-electron chi connectivity index (χ2n) is 7.34. The molecule has 1 aliphatic rings. The Morgan fingerprint density at radius 3 is 2.38 bits per heavy atom. The first-order valence-corrected chi connectivity index (χ1v) is 10.1. The topological polar surface area (TPSA) is 38.2 Å². The van der Waals surface area contributed by atoms with E-state index >= 15 is 0 Å². The highest BCUT2D eigenvalue weighted by Crippen LogP contribution is 2.37. The van der Waals surface area contributed by atoms with E-state index in [4.69, 9.17) is 4.74 Å². The summed E-state index contributed by atoms with van der Waals surface area (Å²) in [5, 5.41) is 8.30. The molecule has 1 saturated heterocycles. The van der Waals surface area contributed by atoms with Crippen LogP contribution in [0.3, 0.4) is 0 Å². The van der Waals surface area contributed by atoms with E-state index in [9.17, 15) is 17.6 Å². The molecule has 32 heavy (non-hydrogen) atoms. The van der Waals surface area contributed by atoms with Crippen LogP contribution in [0, 0.1) is 17.7 Å². The molecule has 1 fully saturated rings. The van der Waals surface area contributed by atoms with Gasteiger partial charge in [-0.15, -0.1) is 10.2 Å². The van der Waals surface area contributed by atoms with E-state index in [0.717, 1.165) is 6.07 Å². The number of ether oxygens (including phenoxy) is 1. The molecule has 4 nitrogen and oxygen atoms in total. The molecule has 0 aliphatic carbocycles. The summed E-state index contributed by atoms with van der Waals surface area (Å²) in [6.07, 6.45) is -3.63. The van der Waals surface area contributed by atoms with Crippen LogP contribution in [-0.4, -0.2) is 29.4 Å². The van der Waals surface area contributed by atoms with Gasteiger partial charge in [0.1, 0.15) is 23.4 Å². The maximum Gasteiger partial charge on any atom is 0.419 e. The van der Waals surface area contributed by atoms with Gasteiger partial charge in [0.2, 0.25) is 0 Å². The number of benzene rings is 2. The zero-order valence-corrected chi connectivity index (χ0v) is 16.9. The minimum Gasteiger partial charge on any atom is -0.490 e. The van der Waals surface area contributed by atoms with Crippen LogP contribution in [-0.2, 0) is 6.18 Å². The van der Waals surface area contributed by atoms with Crippen molar-refractivity contribution in [1.82, 2.24) is 10.2 Å². The van der Waals surface area contributed by atoms with Gasteiger partial charge in [-0.3, -0.25) is 0 Å². The second-order valence-corrected chi connectivity index (χ2v) is 7.34. The predicted octanol–water partition coefficient (Wildman–Crippen LogP) is 5.08. The van der Waals surface area contributed by atoms with Crippen molar-refractivity contribution in [3.8, 4) is 17.6 Å². The van der Waals surface area contributed by atoms with Crippen LogP contribution in [0.5, 0.6) is 5.75 Å². The van der Waals surface area contributed by atoms with E-state index in [0.29, 0.717) is 43.0 Å². The van der Waals surface area contributed by atoms with Crippen molar-refractivity contribution in [3.63, 3.8) is 0 Å². The lowest BCUT2D eigenvalue weighted by Crippen LogP contribution is -2.39. The van der Waals surface area contributed by atoms with Crippen LogP contribution in [0.1, 0.15) is 29.7 Å². The Morgan fingerprint density at radius 1 is 0.906 bits per heavy atom. The highest BCUT2D eigenvalue weighted by Gasteiger charge is 2.35. The fourth-order valence-electron chi connectivity index (χ4n) is 3.45. The third-order valence-corrected chi connectivity index (χ3v) is 5.06. The van der Waals surface area contributed by atoms with Gasteiger partial charge in [-0.05, 0) is 48.4 Å². The highest BCUT2D eigenvalue weighted by atomic mass is 19.4. The van der Waals surface area contributed by atoms with Gasteiger partial charge in [0.15, 0.2) is 5.82 Å². The zero-order valence-electron chi connectivity index (χ0n) is 16.9. The maximum atomic E-state index is 13.2. The molecule has 8 heteroatoms. The summed E-state index contributed by atoms with van der Waals surface area (Å²) < 4.78 is 58.4. The number of rotatable bonds is 3. The average Bonchev–Trinajstić information content (AvgIpc) is 2.78. The van der Waals surface area contributed by atoms with Crippen molar-refractivity contribution in [2.24, 2.45) is 0 Å². The number of hydrogen-bond acceptors (Lipinski definition) is 4. The molecule has 1 aliphatic heterocycles. The first-order chi connectivity index (χ1) is 15.4. The first-order valence-electron chi connectivity index (χ1n) is 10.1. The number of halogens is 4. The molecule has 2 aromatic carbocycles. The van der Waals surface area contributed by atoms with E-state index in [1.807, 2.05) is 4.90 Å². The van der Waals surface area contributed by atoms with Gasteiger partial charge in [0.25, 0.3) is 0 Å². The zero-order chi connectivity index (χ0) is 22.6. The molecule has 0 saturated carbocycles. The molecule has 0 bridgehead atoms. The Balaban J connectivity index is 1.35. The van der Waals surface area contributed by atoms with Crippen LogP contribution in [0.15, 0.2) is 60.7 Å². The molecule has 0 unspecified atom stereocenters. The summed E-state index contributed by atoms with van der Waals surface area (Å²) in [4.78, 5) is 2.01. The van der Waals surface area contributed by atoms with Crippen molar-refractivity contribution in [2.75, 3.05) is 18.0 Å². The van der Waals surface area contributed by atoms with Gasteiger partial charge in [-0.2, -0.15) is 13.2 Å². The van der Waals surface area contributed by atoms with Crippen molar-refractivity contribution >= 4 is 5.82 Å². The molecular weight excluding hydrogens is 422 g/mol. The van der Waals surface area contributed by atoms with Crippen molar-refractivity contribution in [2.45, 2.75) is 25.1 Å². The van der Waals surface area contributed by atoms with Gasteiger partial charge in [0, 0.05) is 31.5 Å². The minimum atomic E-state index is -4.45. The van der Waals surface area contributed by atoms with Crippen LogP contribution < -0.4 is 9.64 Å². The molecule has 3 aromatic rings. The molecule has 0 amide bonds. The molecule has 2 heterocycles. The molecule has 0 atom stereocenters. The van der Waals surface area contributed by atoms with E-state index in [2.05, 4.69) is 22.0 Å². The Kier molecular flexibility index (Phi) is 6.26. The summed E-state index contributed by atoms with van der Waals surface area (Å²) in [5.74, 6) is 5.86. The number of aromatic nitrogens is 2. The first kappa shape index (κ1) is 21.6. The smallest absolute Gasteiger partial charge is 0.419 e. The van der Waals surface area contributed by atoms with Crippen LogP contribution >= 0.6 is 0 Å². The molecular formula is C24H19F4N3O. The van der Waals surface area contributed by atoms with Crippen molar-refractivity contribution < 1.29 is 22.3 Å². The van der Waals surface area contributed by atoms with Crippen LogP contribution in [0.2, 0.25) is 0 Å². The standard InChI is InChI=1S/C24H19F4N3O/c25-18-5-3-4-17(16-18)8-9-19-10-11-23(30-29-19)31-14-12-20(13-15-31)32-22-7-2-1-6-21(22)24(26,27)28/h1-7,10-11,16,20H,12-15H2. The van der Waals surface area contributed by atoms with E-state index in [1.54, 1.807) is 24.3 Å². The van der Waals surface area contributed by atoms with Crippen molar-refractivity contribution in [1.29, 1.82) is 0 Å². The summed E-state index contributed by atoms with van der Waals surface area (Å²) in [6, 6.07) is 14.8. The lowest BCUT2D eigenvalue weighted by Gasteiger charge is -2.33. The monoisotopic (exact) mass is 441 g/mol. The van der Waals surface area contributed by atoms with E-state index in [-0.39, 0.29) is 17.7 Å². The van der Waals surface area contributed by atoms with Gasteiger partial charge in [-0.1, -0.05) is 24.1 Å². The summed E-state index contributed by atoms with van der Waals surface area (Å²) in [7, 11) is 0. The van der Waals surface area contributed by atoms with Gasteiger partial charge >= 0.3 is 6.18 Å². The number of alkyl halides is 3. The number of para-hydroxylation sites is 1. The SMILES string of the molecule is Fc1cccc(C#Cc2ccc(N3CCC(Oc4ccccc4C(F)(F)F)CC3)nn2)c1. The third-order valence-electron chi connectivity index (χ3n) is 5.06. The number of anilines is 1. The molecule has 0 N–H and O–H groups in total. The molecule has 0 radical (unpaired) electrons. The minimum absolute atomic E-state index is 0.139. The van der Waals surface area contributed by atoms with Gasteiger partial charge in [0.05, 0.1) is 5.56 Å². The molecule has 164 valence electrons. The highest BCUT2D eigenvalue weighted by molar-refractivity contribution is 5.43. The largest absolute Gasteiger partial charge is 0.490 e. The maximum absolute atomic E-state index is 13.2. The third kappa shape index (κ3) is 5.35. The Morgan fingerprint density at radius 2 is 1.69 bits per heavy atom. The lowest BCUT2D eigenvalue weighted by atomic mass is 10.1. The second kappa shape index (κ2) is 9.27. The van der Waals surface area contributed by atoms with Gasteiger partial charge in [-0.25, -0.2) is 4.39 Å². The Labute approximate surface area is 182 Å². The number of nitrogens with zero attached hydrogens (tertiary/aromatic N) is 3. The summed E-state index contributed by atoms with van der Waals surface area (Å²) in [6.45, 7) is 1.17. The Hall–Kier alpha value is -3.60. The Bertz CT molecular complexity index is 1130. The fraction of sp³-hybridized carbons (Fsp3) is 0.250. The molecule has 1 aromatic heterocycles. The lowest BCUT2D eigenvalue weighted by molar-refractivity contribution is -0.139. The van der Waals surface area contributed by atoms with Crippen molar-refractivity contribution in [3.05, 3.63) is 83.3 Å². The predicted molar refractivity (Wildman–Crippen MR) is 112 cm³/mol. The average molecular weight is 441 g/mol. The number of piperidine rings is 1. The molecule has 4 rings (SSSR count). The molecule has 0 spiro atoms. The fourth-order valence-corrected chi connectivity index (χ4v) is 3.45. The number of hydrogen-bond donors (Lipinski definition) is 0. The van der Waals surface area contributed by atoms with Gasteiger partial charge < -0.3 is 9.64 Å².